The molecule has 0 unspecified atom stereocenters. The van der Waals surface area contributed by atoms with Crippen molar-refractivity contribution in [2.24, 2.45) is 0 Å². The zero-order valence-electron chi connectivity index (χ0n) is 22.3. The maximum atomic E-state index is 14.9. The molecule has 1 aliphatic heterocycles. The van der Waals surface area contributed by atoms with Gasteiger partial charge in [-0.15, -0.1) is 0 Å². The van der Waals surface area contributed by atoms with Crippen molar-refractivity contribution < 1.29 is 4.39 Å². The fourth-order valence-corrected chi connectivity index (χ4v) is 5.37. The quantitative estimate of drug-likeness (QED) is 0.369. The van der Waals surface area contributed by atoms with Crippen molar-refractivity contribution in [3.8, 4) is 23.0 Å². The SMILES string of the molecule is CC(C)c1ncnc(C(C)C)c1-n1c(=O)c(C#N)c(N2CCNCC2)c2cc(Cl)c(-c3ccccc3F)nc21. The molecule has 0 amide bonds. The van der Waals surface area contributed by atoms with Crippen LogP contribution in [0.25, 0.3) is 28.0 Å². The second-order valence-electron chi connectivity index (χ2n) is 10.2. The van der Waals surface area contributed by atoms with Crippen LogP contribution in [0, 0.1) is 17.1 Å². The molecule has 4 aromatic rings. The summed E-state index contributed by atoms with van der Waals surface area (Å²) in [4.78, 5) is 30.3. The number of hydrogen-bond donors (Lipinski definition) is 1. The number of rotatable bonds is 5. The fraction of sp³-hybridized carbons (Fsp3) is 0.345. The maximum Gasteiger partial charge on any atom is 0.276 e. The second-order valence-corrected chi connectivity index (χ2v) is 10.6. The minimum Gasteiger partial charge on any atom is -0.367 e. The monoisotopic (exact) mass is 545 g/mol. The van der Waals surface area contributed by atoms with Crippen molar-refractivity contribution in [2.75, 3.05) is 31.1 Å². The lowest BCUT2D eigenvalue weighted by molar-refractivity contribution is 0.589. The van der Waals surface area contributed by atoms with Gasteiger partial charge in [0, 0.05) is 37.1 Å². The van der Waals surface area contributed by atoms with Crippen molar-refractivity contribution in [3.63, 3.8) is 0 Å². The van der Waals surface area contributed by atoms with E-state index in [0.717, 1.165) is 0 Å². The molecule has 39 heavy (non-hydrogen) atoms. The number of nitrogens with zero attached hydrogens (tertiary/aromatic N) is 6. The molecule has 1 saturated heterocycles. The van der Waals surface area contributed by atoms with Crippen LogP contribution in [0.4, 0.5) is 10.1 Å². The summed E-state index contributed by atoms with van der Waals surface area (Å²) in [6.45, 7) is 10.5. The standard InChI is InChI=1S/C29H29ClFN7O/c1-16(2)23-27(24(17(3)4)35-15-34-23)38-28-19(13-21(30)25(36-28)18-7-5-6-8-22(18)31)26(20(14-32)29(38)39)37-11-9-33-10-12-37/h5-8,13,15-17,33H,9-12H2,1-4H3. The Morgan fingerprint density at radius 2 is 1.69 bits per heavy atom. The first-order chi connectivity index (χ1) is 18.7. The molecule has 0 radical (unpaired) electrons. The van der Waals surface area contributed by atoms with Crippen LogP contribution in [0.15, 0.2) is 41.5 Å². The minimum atomic E-state index is -0.522. The molecule has 10 heteroatoms. The fourth-order valence-electron chi connectivity index (χ4n) is 5.12. The Morgan fingerprint density at radius 1 is 1.05 bits per heavy atom. The molecule has 1 N–H and O–H groups in total. The number of nitrogens with one attached hydrogen (secondary N) is 1. The molecule has 0 aliphatic carbocycles. The van der Waals surface area contributed by atoms with E-state index < -0.39 is 11.4 Å². The highest BCUT2D eigenvalue weighted by Crippen LogP contribution is 2.38. The van der Waals surface area contributed by atoms with Crippen molar-refractivity contribution >= 4 is 28.3 Å². The predicted octanol–water partition coefficient (Wildman–Crippen LogP) is 5.16. The molecule has 0 bridgehead atoms. The summed E-state index contributed by atoms with van der Waals surface area (Å²) >= 11 is 6.76. The molecule has 1 fully saturated rings. The Labute approximate surface area is 231 Å². The van der Waals surface area contributed by atoms with E-state index in [1.165, 1.54) is 17.0 Å². The van der Waals surface area contributed by atoms with Crippen LogP contribution in [-0.4, -0.2) is 45.7 Å². The Kier molecular flexibility index (Phi) is 7.34. The van der Waals surface area contributed by atoms with Gasteiger partial charge in [-0.05, 0) is 30.0 Å². The van der Waals surface area contributed by atoms with Crippen molar-refractivity contribution in [1.29, 1.82) is 5.26 Å². The highest BCUT2D eigenvalue weighted by molar-refractivity contribution is 6.34. The third-order valence-corrected chi connectivity index (χ3v) is 7.23. The number of hydrogen-bond acceptors (Lipinski definition) is 7. The molecule has 200 valence electrons. The molecule has 8 nitrogen and oxygen atoms in total. The predicted molar refractivity (Wildman–Crippen MR) is 151 cm³/mol. The first-order valence-electron chi connectivity index (χ1n) is 13.0. The lowest BCUT2D eigenvalue weighted by atomic mass is 10.00. The maximum absolute atomic E-state index is 14.9. The van der Waals surface area contributed by atoms with Gasteiger partial charge < -0.3 is 10.2 Å². The van der Waals surface area contributed by atoms with E-state index in [1.54, 1.807) is 24.3 Å². The molecule has 5 rings (SSSR count). The minimum absolute atomic E-state index is 0.00539. The van der Waals surface area contributed by atoms with Gasteiger partial charge in [0.05, 0.1) is 33.5 Å². The third-order valence-electron chi connectivity index (χ3n) is 6.95. The number of nitriles is 1. The summed E-state index contributed by atoms with van der Waals surface area (Å²) in [6, 6.07) is 10.1. The van der Waals surface area contributed by atoms with Gasteiger partial charge in [0.2, 0.25) is 0 Å². The van der Waals surface area contributed by atoms with Crippen molar-refractivity contribution in [2.45, 2.75) is 39.5 Å². The zero-order valence-corrected chi connectivity index (χ0v) is 23.1. The first kappa shape index (κ1) is 26.7. The lowest BCUT2D eigenvalue weighted by Crippen LogP contribution is -2.44. The number of piperazine rings is 1. The van der Waals surface area contributed by atoms with E-state index in [1.807, 2.05) is 32.6 Å². The molecule has 0 atom stereocenters. The first-order valence-corrected chi connectivity index (χ1v) is 13.4. The average molecular weight is 546 g/mol. The van der Waals surface area contributed by atoms with E-state index in [4.69, 9.17) is 16.6 Å². The van der Waals surface area contributed by atoms with Gasteiger partial charge in [-0.25, -0.2) is 19.3 Å². The topological polar surface area (TPSA) is 99.7 Å². The van der Waals surface area contributed by atoms with Gasteiger partial charge in [-0.1, -0.05) is 51.4 Å². The van der Waals surface area contributed by atoms with E-state index in [-0.39, 0.29) is 39.3 Å². The smallest absolute Gasteiger partial charge is 0.276 e. The summed E-state index contributed by atoms with van der Waals surface area (Å²) in [6.07, 6.45) is 1.50. The second kappa shape index (κ2) is 10.7. The zero-order chi connectivity index (χ0) is 27.8. The summed E-state index contributed by atoms with van der Waals surface area (Å²) < 4.78 is 16.4. The average Bonchev–Trinajstić information content (AvgIpc) is 2.93. The number of anilines is 1. The Morgan fingerprint density at radius 3 is 2.28 bits per heavy atom. The summed E-state index contributed by atoms with van der Waals surface area (Å²) in [7, 11) is 0. The highest BCUT2D eigenvalue weighted by Gasteiger charge is 2.29. The molecule has 4 heterocycles. The van der Waals surface area contributed by atoms with Crippen LogP contribution in [-0.2, 0) is 0 Å². The number of aromatic nitrogens is 4. The van der Waals surface area contributed by atoms with Gasteiger partial charge in [-0.3, -0.25) is 9.36 Å². The van der Waals surface area contributed by atoms with Crippen LogP contribution >= 0.6 is 11.6 Å². The summed E-state index contributed by atoms with van der Waals surface area (Å²) in [5, 5.41) is 14.4. The molecule has 3 aromatic heterocycles. The van der Waals surface area contributed by atoms with Crippen LogP contribution in [0.2, 0.25) is 5.02 Å². The van der Waals surface area contributed by atoms with Crippen LogP contribution in [0.5, 0.6) is 0 Å². The largest absolute Gasteiger partial charge is 0.367 e. The van der Waals surface area contributed by atoms with Gasteiger partial charge in [0.1, 0.15) is 29.4 Å². The molecule has 1 aromatic carbocycles. The van der Waals surface area contributed by atoms with Gasteiger partial charge in [-0.2, -0.15) is 5.26 Å². The number of fused-ring (bicyclic) bond motifs is 1. The van der Waals surface area contributed by atoms with Crippen LogP contribution in [0.3, 0.4) is 0 Å². The van der Waals surface area contributed by atoms with E-state index in [0.29, 0.717) is 54.3 Å². The van der Waals surface area contributed by atoms with Crippen LogP contribution in [0.1, 0.15) is 56.5 Å². The van der Waals surface area contributed by atoms with Crippen molar-refractivity contribution in [1.82, 2.24) is 24.8 Å². The number of halogens is 2. The molecule has 1 aliphatic rings. The van der Waals surface area contributed by atoms with E-state index in [2.05, 4.69) is 21.4 Å². The van der Waals surface area contributed by atoms with E-state index >= 15 is 0 Å². The number of benzene rings is 1. The van der Waals surface area contributed by atoms with Crippen LogP contribution < -0.4 is 15.8 Å². The Bertz CT molecular complexity index is 1640. The normalized spacial score (nSPS) is 13.9. The Balaban J connectivity index is 2.00. The van der Waals surface area contributed by atoms with Gasteiger partial charge >= 0.3 is 0 Å². The highest BCUT2D eigenvalue weighted by atomic mass is 35.5. The van der Waals surface area contributed by atoms with Crippen molar-refractivity contribution in [3.05, 3.63) is 74.8 Å². The third kappa shape index (κ3) is 4.64. The summed E-state index contributed by atoms with van der Waals surface area (Å²) in [5.74, 6) is -0.594. The van der Waals surface area contributed by atoms with E-state index in [9.17, 15) is 14.4 Å². The molecule has 0 saturated carbocycles. The molecular weight excluding hydrogens is 517 g/mol. The molecular formula is C29H29ClFN7O. The van der Waals surface area contributed by atoms with Gasteiger partial charge in [0.15, 0.2) is 0 Å². The Hall–Kier alpha value is -3.87. The molecule has 0 spiro atoms. The summed E-state index contributed by atoms with van der Waals surface area (Å²) in [5.41, 5.74) is 2.46. The van der Waals surface area contributed by atoms with Gasteiger partial charge in [0.25, 0.3) is 5.56 Å². The lowest BCUT2D eigenvalue weighted by Gasteiger charge is -2.31. The number of pyridine rings is 2.